The Morgan fingerprint density at radius 2 is 2.33 bits per heavy atom. The predicted octanol–water partition coefficient (Wildman–Crippen LogP) is 1.53. The van der Waals surface area contributed by atoms with Crippen LogP contribution in [-0.2, 0) is 4.74 Å². The molecule has 1 saturated heterocycles. The first kappa shape index (κ1) is 12.9. The van der Waals surface area contributed by atoms with Crippen LogP contribution in [0.3, 0.4) is 0 Å². The smallest absolute Gasteiger partial charge is 0.0590 e. The molecule has 0 spiro atoms. The maximum Gasteiger partial charge on any atom is 0.0590 e. The highest BCUT2D eigenvalue weighted by Crippen LogP contribution is 2.11. The molecule has 1 aliphatic heterocycles. The highest BCUT2D eigenvalue weighted by atomic mass is 16.5. The summed E-state index contributed by atoms with van der Waals surface area (Å²) < 4.78 is 5.30. The first-order valence-corrected chi connectivity index (χ1v) is 6.37. The predicted molar refractivity (Wildman–Crippen MR) is 64.2 cm³/mol. The van der Waals surface area contributed by atoms with Crippen molar-refractivity contribution in [2.45, 2.75) is 51.6 Å². The molecule has 0 saturated carbocycles. The van der Waals surface area contributed by atoms with Crippen molar-refractivity contribution in [2.75, 3.05) is 26.3 Å². The van der Waals surface area contributed by atoms with Gasteiger partial charge in [-0.2, -0.15) is 0 Å². The minimum Gasteiger partial charge on any atom is -0.380 e. The first-order valence-electron chi connectivity index (χ1n) is 6.37. The normalized spacial score (nSPS) is 24.0. The van der Waals surface area contributed by atoms with Crippen LogP contribution in [0.1, 0.15) is 39.5 Å². The van der Waals surface area contributed by atoms with Gasteiger partial charge >= 0.3 is 0 Å². The molecule has 1 aliphatic rings. The Bertz CT molecular complexity index is 147. The van der Waals surface area contributed by atoms with Gasteiger partial charge in [-0.3, -0.25) is 0 Å². The fraction of sp³-hybridized carbons (Fsp3) is 1.00. The molecule has 2 unspecified atom stereocenters. The van der Waals surface area contributed by atoms with Gasteiger partial charge in [-0.1, -0.05) is 6.42 Å². The van der Waals surface area contributed by atoms with E-state index < -0.39 is 0 Å². The van der Waals surface area contributed by atoms with Crippen LogP contribution in [0.4, 0.5) is 0 Å². The van der Waals surface area contributed by atoms with Crippen molar-refractivity contribution in [3.05, 3.63) is 0 Å². The molecule has 0 aromatic rings. The first-order chi connectivity index (χ1) is 7.33. The maximum atomic E-state index is 5.30. The summed E-state index contributed by atoms with van der Waals surface area (Å²) in [6.07, 6.45) is 5.33. The summed E-state index contributed by atoms with van der Waals surface area (Å²) in [5.41, 5.74) is 0. The molecule has 0 radical (unpaired) electrons. The largest absolute Gasteiger partial charge is 0.380 e. The minimum atomic E-state index is 0.598. The maximum absolute atomic E-state index is 5.30. The van der Waals surface area contributed by atoms with E-state index in [1.807, 2.05) is 6.92 Å². The molecule has 3 heteroatoms. The van der Waals surface area contributed by atoms with E-state index in [4.69, 9.17) is 4.74 Å². The lowest BCUT2D eigenvalue weighted by atomic mass is 9.99. The number of ether oxygens (including phenoxy) is 1. The van der Waals surface area contributed by atoms with E-state index in [9.17, 15) is 0 Å². The Kier molecular flexibility index (Phi) is 6.98. The van der Waals surface area contributed by atoms with Gasteiger partial charge in [-0.25, -0.2) is 0 Å². The van der Waals surface area contributed by atoms with Gasteiger partial charge in [0.2, 0.25) is 0 Å². The van der Waals surface area contributed by atoms with Crippen molar-refractivity contribution in [2.24, 2.45) is 0 Å². The van der Waals surface area contributed by atoms with Crippen molar-refractivity contribution >= 4 is 0 Å². The number of hydrogen-bond donors (Lipinski definition) is 2. The van der Waals surface area contributed by atoms with Crippen molar-refractivity contribution in [3.63, 3.8) is 0 Å². The van der Waals surface area contributed by atoms with Crippen molar-refractivity contribution in [1.82, 2.24) is 10.6 Å². The van der Waals surface area contributed by atoms with Gasteiger partial charge in [0.1, 0.15) is 0 Å². The third-order valence-electron chi connectivity index (χ3n) is 2.99. The monoisotopic (exact) mass is 214 g/mol. The third kappa shape index (κ3) is 6.13. The lowest BCUT2D eigenvalue weighted by Crippen LogP contribution is -2.40. The average molecular weight is 214 g/mol. The minimum absolute atomic E-state index is 0.598. The third-order valence-corrected chi connectivity index (χ3v) is 2.99. The zero-order valence-electron chi connectivity index (χ0n) is 10.2. The zero-order valence-corrected chi connectivity index (χ0v) is 10.2. The van der Waals surface area contributed by atoms with Crippen LogP contribution in [0.25, 0.3) is 0 Å². The lowest BCUT2D eigenvalue weighted by molar-refractivity contribution is 0.146. The molecule has 2 atom stereocenters. The van der Waals surface area contributed by atoms with Crippen molar-refractivity contribution in [3.8, 4) is 0 Å². The second-order valence-electron chi connectivity index (χ2n) is 4.43. The molecule has 0 bridgehead atoms. The van der Waals surface area contributed by atoms with Crippen LogP contribution in [0, 0.1) is 0 Å². The Labute approximate surface area is 94.0 Å². The summed E-state index contributed by atoms with van der Waals surface area (Å²) in [5.74, 6) is 0. The molecule has 3 nitrogen and oxygen atoms in total. The molecule has 2 N–H and O–H groups in total. The Hall–Kier alpha value is -0.120. The van der Waals surface area contributed by atoms with E-state index in [0.29, 0.717) is 6.04 Å². The number of nitrogens with one attached hydrogen (secondary N) is 2. The fourth-order valence-corrected chi connectivity index (χ4v) is 2.16. The fourth-order valence-electron chi connectivity index (χ4n) is 2.16. The second-order valence-corrected chi connectivity index (χ2v) is 4.43. The van der Waals surface area contributed by atoms with Crippen LogP contribution in [-0.4, -0.2) is 38.4 Å². The van der Waals surface area contributed by atoms with Crippen molar-refractivity contribution in [1.29, 1.82) is 0 Å². The molecular weight excluding hydrogens is 188 g/mol. The standard InChI is InChI=1S/C12H26N2O/c1-3-15-9-8-13-11(2)10-12-6-4-5-7-14-12/h11-14H,3-10H2,1-2H3. The van der Waals surface area contributed by atoms with E-state index in [1.54, 1.807) is 0 Å². The summed E-state index contributed by atoms with van der Waals surface area (Å²) in [6, 6.07) is 1.33. The van der Waals surface area contributed by atoms with E-state index in [2.05, 4.69) is 17.6 Å². The van der Waals surface area contributed by atoms with Gasteiger partial charge in [0.05, 0.1) is 6.61 Å². The summed E-state index contributed by atoms with van der Waals surface area (Å²) in [6.45, 7) is 8.13. The van der Waals surface area contributed by atoms with E-state index >= 15 is 0 Å². The molecule has 1 fully saturated rings. The molecule has 15 heavy (non-hydrogen) atoms. The average Bonchev–Trinajstić information content (AvgIpc) is 2.26. The highest BCUT2D eigenvalue weighted by Gasteiger charge is 2.14. The van der Waals surface area contributed by atoms with E-state index in [1.165, 1.54) is 32.2 Å². The molecule has 0 amide bonds. The van der Waals surface area contributed by atoms with Crippen LogP contribution in [0.5, 0.6) is 0 Å². The van der Waals surface area contributed by atoms with E-state index in [0.717, 1.165) is 25.8 Å². The number of piperidine rings is 1. The molecule has 0 aromatic heterocycles. The number of rotatable bonds is 7. The van der Waals surface area contributed by atoms with Crippen LogP contribution in [0.15, 0.2) is 0 Å². The van der Waals surface area contributed by atoms with Crippen LogP contribution >= 0.6 is 0 Å². The number of hydrogen-bond acceptors (Lipinski definition) is 3. The summed E-state index contributed by atoms with van der Waals surface area (Å²) >= 11 is 0. The molecular formula is C12H26N2O. The van der Waals surface area contributed by atoms with Gasteiger partial charge in [0, 0.05) is 25.2 Å². The topological polar surface area (TPSA) is 33.3 Å². The Morgan fingerprint density at radius 1 is 1.47 bits per heavy atom. The summed E-state index contributed by atoms with van der Waals surface area (Å²) in [7, 11) is 0. The zero-order chi connectivity index (χ0) is 10.9. The molecule has 0 aliphatic carbocycles. The summed E-state index contributed by atoms with van der Waals surface area (Å²) in [5, 5.41) is 7.08. The van der Waals surface area contributed by atoms with Gasteiger partial charge in [0.15, 0.2) is 0 Å². The molecule has 1 rings (SSSR count). The van der Waals surface area contributed by atoms with Crippen LogP contribution in [0.2, 0.25) is 0 Å². The van der Waals surface area contributed by atoms with Crippen molar-refractivity contribution < 1.29 is 4.74 Å². The lowest BCUT2D eigenvalue weighted by Gasteiger charge is -2.26. The quantitative estimate of drug-likeness (QED) is 0.631. The Balaban J connectivity index is 1.98. The van der Waals surface area contributed by atoms with E-state index in [-0.39, 0.29) is 0 Å². The summed E-state index contributed by atoms with van der Waals surface area (Å²) in [4.78, 5) is 0. The second kappa shape index (κ2) is 8.08. The molecule has 1 heterocycles. The highest BCUT2D eigenvalue weighted by molar-refractivity contribution is 4.76. The Morgan fingerprint density at radius 3 is 3.00 bits per heavy atom. The van der Waals surface area contributed by atoms with Gasteiger partial charge in [-0.05, 0) is 39.7 Å². The SMILES string of the molecule is CCOCCNC(C)CC1CCCCN1. The van der Waals surface area contributed by atoms with Gasteiger partial charge < -0.3 is 15.4 Å². The molecule has 90 valence electrons. The van der Waals surface area contributed by atoms with Gasteiger partial charge in [-0.15, -0.1) is 0 Å². The van der Waals surface area contributed by atoms with Gasteiger partial charge in [0.25, 0.3) is 0 Å². The van der Waals surface area contributed by atoms with Crippen LogP contribution < -0.4 is 10.6 Å². The molecule has 0 aromatic carbocycles.